The number of benzene rings is 2. The summed E-state index contributed by atoms with van der Waals surface area (Å²) >= 11 is 0. The third-order valence-corrected chi connectivity index (χ3v) is 3.71. The number of ether oxygens (including phenoxy) is 1. The fourth-order valence-corrected chi connectivity index (χ4v) is 2.44. The van der Waals surface area contributed by atoms with E-state index >= 15 is 0 Å². The maximum atomic E-state index is 14.1. The van der Waals surface area contributed by atoms with E-state index in [0.29, 0.717) is 0 Å². The van der Waals surface area contributed by atoms with Crippen LogP contribution in [0, 0.1) is 11.6 Å². The highest BCUT2D eigenvalue weighted by Crippen LogP contribution is 2.30. The zero-order valence-electron chi connectivity index (χ0n) is 13.5. The van der Waals surface area contributed by atoms with E-state index in [1.165, 1.54) is 42.5 Å². The number of nitrogens with one attached hydrogen (secondary N) is 2. The van der Waals surface area contributed by atoms with Crippen LogP contribution in [0.25, 0.3) is 11.3 Å². The van der Waals surface area contributed by atoms with E-state index in [0.717, 1.165) is 6.07 Å². The number of hydrazine groups is 1. The number of pyridine rings is 1. The van der Waals surface area contributed by atoms with Crippen LogP contribution in [0.3, 0.4) is 0 Å². The number of aromatic hydroxyl groups is 1. The Labute approximate surface area is 154 Å². The largest absolute Gasteiger partial charge is 0.505 e. The molecule has 0 saturated carbocycles. The summed E-state index contributed by atoms with van der Waals surface area (Å²) < 4.78 is 54.3. The summed E-state index contributed by atoms with van der Waals surface area (Å²) in [6, 6.07) is 12.4. The molecule has 0 aliphatic rings. The van der Waals surface area contributed by atoms with Crippen molar-refractivity contribution in [3.63, 3.8) is 0 Å². The summed E-state index contributed by atoms with van der Waals surface area (Å²) in [5.41, 5.74) is 2.36. The second kappa shape index (κ2) is 7.98. The van der Waals surface area contributed by atoms with Crippen LogP contribution < -0.4 is 15.0 Å². The lowest BCUT2D eigenvalue weighted by Crippen LogP contribution is -2.19. The fraction of sp³-hybridized carbons (Fsp3) is 0. The lowest BCUT2D eigenvalue weighted by molar-refractivity contribution is 0.433. The molecule has 0 bridgehead atoms. The lowest BCUT2D eigenvalue weighted by atomic mass is 10.1. The molecule has 0 unspecified atom stereocenters. The van der Waals surface area contributed by atoms with Gasteiger partial charge in [-0.2, -0.15) is 0 Å². The summed E-state index contributed by atoms with van der Waals surface area (Å²) in [4.78, 5) is 6.03. The molecule has 0 fully saturated rings. The van der Waals surface area contributed by atoms with Crippen LogP contribution in [0.15, 0.2) is 54.6 Å². The van der Waals surface area contributed by atoms with Crippen LogP contribution >= 0.6 is 0 Å². The molecule has 3 aromatic rings. The van der Waals surface area contributed by atoms with Crippen molar-refractivity contribution in [2.75, 3.05) is 5.43 Å². The summed E-state index contributed by atoms with van der Waals surface area (Å²) in [6.07, 6.45) is 0. The molecule has 0 aliphatic carbocycles. The van der Waals surface area contributed by atoms with Gasteiger partial charge in [0.05, 0.1) is 11.4 Å². The standard InChI is InChI=1S/C17H13F2N3O4S/c18-12-8-7-10(9-14(12)21-22-27(24)25)26-16-6-2-4-13(20-16)11-3-1-5-15(23)17(11)19/h1-9,21,23,27H,(H,22,24,25). The van der Waals surface area contributed by atoms with E-state index < -0.39 is 28.3 Å². The van der Waals surface area contributed by atoms with Gasteiger partial charge >= 0.3 is 0 Å². The van der Waals surface area contributed by atoms with E-state index in [9.17, 15) is 22.3 Å². The molecule has 1 aromatic heterocycles. The zero-order chi connectivity index (χ0) is 19.4. The van der Waals surface area contributed by atoms with Gasteiger partial charge in [-0.05, 0) is 30.3 Å². The Kier molecular flexibility index (Phi) is 5.48. The van der Waals surface area contributed by atoms with E-state index in [2.05, 4.69) is 10.4 Å². The van der Waals surface area contributed by atoms with Gasteiger partial charge in [0.25, 0.3) is 0 Å². The number of halogens is 2. The predicted molar refractivity (Wildman–Crippen MR) is 94.8 cm³/mol. The number of anilines is 1. The minimum absolute atomic E-state index is 0.0883. The lowest BCUT2D eigenvalue weighted by Gasteiger charge is -2.10. The van der Waals surface area contributed by atoms with Gasteiger partial charge in [-0.1, -0.05) is 12.1 Å². The number of aromatic nitrogens is 1. The molecule has 1 heterocycles. The van der Waals surface area contributed by atoms with E-state index in [4.69, 9.17) is 4.74 Å². The van der Waals surface area contributed by atoms with Crippen molar-refractivity contribution >= 4 is 16.6 Å². The average molecular weight is 393 g/mol. The minimum Gasteiger partial charge on any atom is -0.505 e. The molecule has 3 rings (SSSR count). The van der Waals surface area contributed by atoms with Gasteiger partial charge in [0, 0.05) is 17.7 Å². The predicted octanol–water partition coefficient (Wildman–Crippen LogP) is 2.97. The molecule has 0 atom stereocenters. The summed E-state index contributed by atoms with van der Waals surface area (Å²) in [5, 5.41) is 9.49. The first-order valence-corrected chi connectivity index (χ1v) is 8.70. The van der Waals surface area contributed by atoms with Crippen LogP contribution in [0.2, 0.25) is 0 Å². The average Bonchev–Trinajstić information content (AvgIpc) is 2.64. The highest BCUT2D eigenvalue weighted by molar-refractivity contribution is 7.70. The second-order valence-electron chi connectivity index (χ2n) is 5.24. The summed E-state index contributed by atoms with van der Waals surface area (Å²) in [7, 11) is -2.97. The quantitative estimate of drug-likeness (QED) is 0.380. The summed E-state index contributed by atoms with van der Waals surface area (Å²) in [5.74, 6) is -1.75. The second-order valence-corrected chi connectivity index (χ2v) is 5.98. The van der Waals surface area contributed by atoms with Crippen LogP contribution in [0.4, 0.5) is 14.5 Å². The molecule has 0 spiro atoms. The topological polar surface area (TPSA) is 101 Å². The first kappa shape index (κ1) is 18.5. The number of nitrogens with zero attached hydrogens (tertiary/aromatic N) is 1. The van der Waals surface area contributed by atoms with Crippen molar-refractivity contribution in [2.45, 2.75) is 0 Å². The van der Waals surface area contributed by atoms with Gasteiger partial charge in [0.1, 0.15) is 11.6 Å². The number of hydrogen-bond donors (Lipinski definition) is 4. The minimum atomic E-state index is -2.97. The number of phenols is 1. The maximum absolute atomic E-state index is 14.1. The highest BCUT2D eigenvalue weighted by atomic mass is 32.2. The van der Waals surface area contributed by atoms with Gasteiger partial charge in [-0.25, -0.2) is 22.2 Å². The Morgan fingerprint density at radius 2 is 1.81 bits per heavy atom. The third-order valence-electron chi connectivity index (χ3n) is 3.42. The first-order chi connectivity index (χ1) is 12.9. The van der Waals surface area contributed by atoms with Crippen molar-refractivity contribution in [1.29, 1.82) is 0 Å². The Balaban J connectivity index is 1.86. The van der Waals surface area contributed by atoms with E-state index in [-0.39, 0.29) is 28.6 Å². The molecule has 3 N–H and O–H groups in total. The molecule has 0 aliphatic heterocycles. The van der Waals surface area contributed by atoms with Crippen molar-refractivity contribution in [2.24, 2.45) is 0 Å². The number of rotatable bonds is 6. The Bertz CT molecular complexity index is 1050. The zero-order valence-corrected chi connectivity index (χ0v) is 14.4. The molecule has 0 saturated heterocycles. The van der Waals surface area contributed by atoms with E-state index in [1.807, 2.05) is 4.83 Å². The monoisotopic (exact) mass is 393 g/mol. The molecular formula is C17H13F2N3O4S. The van der Waals surface area contributed by atoms with Crippen LogP contribution in [0.1, 0.15) is 0 Å². The Morgan fingerprint density at radius 3 is 2.59 bits per heavy atom. The van der Waals surface area contributed by atoms with E-state index in [1.54, 1.807) is 6.07 Å². The molecule has 27 heavy (non-hydrogen) atoms. The Morgan fingerprint density at radius 1 is 1.04 bits per heavy atom. The van der Waals surface area contributed by atoms with Gasteiger partial charge in [0.15, 0.2) is 11.6 Å². The molecule has 10 heteroatoms. The van der Waals surface area contributed by atoms with Gasteiger partial charge in [-0.3, -0.25) is 0 Å². The van der Waals surface area contributed by atoms with Gasteiger partial charge in [0.2, 0.25) is 16.8 Å². The van der Waals surface area contributed by atoms with Crippen molar-refractivity contribution in [3.05, 3.63) is 66.2 Å². The molecule has 0 amide bonds. The summed E-state index contributed by atoms with van der Waals surface area (Å²) in [6.45, 7) is 0. The first-order valence-electron chi connectivity index (χ1n) is 7.52. The highest BCUT2D eigenvalue weighted by Gasteiger charge is 2.12. The van der Waals surface area contributed by atoms with Crippen LogP contribution in [-0.4, -0.2) is 18.5 Å². The SMILES string of the molecule is O=[SH](=O)NNc1cc(Oc2cccc(-c3cccc(O)c3F)n2)ccc1F. The third kappa shape index (κ3) is 4.49. The molecular weight excluding hydrogens is 380 g/mol. The van der Waals surface area contributed by atoms with Crippen molar-refractivity contribution in [1.82, 2.24) is 9.82 Å². The molecule has 0 radical (unpaired) electrons. The molecule has 7 nitrogen and oxygen atoms in total. The fourth-order valence-electron chi connectivity index (χ4n) is 2.23. The number of hydrogen-bond acceptors (Lipinski definition) is 6. The number of phenolic OH excluding ortho intramolecular Hbond substituents is 1. The van der Waals surface area contributed by atoms with Gasteiger partial charge < -0.3 is 15.3 Å². The Hall–Kier alpha value is -3.24. The van der Waals surface area contributed by atoms with Gasteiger partial charge in [-0.15, -0.1) is 4.83 Å². The van der Waals surface area contributed by atoms with Crippen molar-refractivity contribution in [3.8, 4) is 28.6 Å². The number of thiol groups is 1. The normalized spacial score (nSPS) is 10.8. The van der Waals surface area contributed by atoms with Crippen molar-refractivity contribution < 1.29 is 27.0 Å². The van der Waals surface area contributed by atoms with Crippen LogP contribution in [0.5, 0.6) is 17.4 Å². The molecule has 140 valence electrons. The van der Waals surface area contributed by atoms with Crippen LogP contribution in [-0.2, 0) is 10.9 Å². The smallest absolute Gasteiger partial charge is 0.219 e. The molecule has 2 aromatic carbocycles. The maximum Gasteiger partial charge on any atom is 0.219 e.